The highest BCUT2D eigenvalue weighted by molar-refractivity contribution is 14.0. The maximum Gasteiger partial charge on any atom is 0.189 e. The zero-order valence-corrected chi connectivity index (χ0v) is 13.9. The normalized spacial score (nSPS) is 10.5. The molecule has 0 amide bonds. The number of hydrogen-bond donors (Lipinski definition) is 2. The van der Waals surface area contributed by atoms with Crippen LogP contribution in [0, 0.1) is 0 Å². The predicted octanol–water partition coefficient (Wildman–Crippen LogP) is 2.82. The Hall–Kier alpha value is -0.950. The van der Waals surface area contributed by atoms with Crippen LogP contribution in [0.2, 0.25) is 5.02 Å². The van der Waals surface area contributed by atoms with E-state index in [4.69, 9.17) is 22.1 Å². The molecule has 0 aliphatic heterocycles. The van der Waals surface area contributed by atoms with Crippen molar-refractivity contribution < 1.29 is 4.74 Å². The van der Waals surface area contributed by atoms with E-state index >= 15 is 0 Å². The molecule has 0 fully saturated rings. The van der Waals surface area contributed by atoms with E-state index < -0.39 is 0 Å². The molecular formula is C13H19ClIN3O. The van der Waals surface area contributed by atoms with Crippen molar-refractivity contribution in [2.24, 2.45) is 10.7 Å². The van der Waals surface area contributed by atoms with Gasteiger partial charge in [0.15, 0.2) is 5.96 Å². The van der Waals surface area contributed by atoms with E-state index in [1.165, 1.54) is 0 Å². The van der Waals surface area contributed by atoms with Gasteiger partial charge in [-0.15, -0.1) is 24.0 Å². The monoisotopic (exact) mass is 395 g/mol. The van der Waals surface area contributed by atoms with Crippen LogP contribution in [0.4, 0.5) is 0 Å². The van der Waals surface area contributed by atoms with E-state index in [1.54, 1.807) is 12.1 Å². The number of benzene rings is 1. The number of nitrogens with two attached hydrogens (primary N) is 1. The molecule has 0 saturated carbocycles. The van der Waals surface area contributed by atoms with E-state index in [-0.39, 0.29) is 24.0 Å². The standard InChI is InChI=1S/C13H18ClN3O.HI/c1-10(2)9-17-13(15)16-6-7-18-12-5-3-4-11(14)8-12;/h3-5,8H,1,6-7,9H2,2H3,(H3,15,16,17);1H. The largest absolute Gasteiger partial charge is 0.492 e. The van der Waals surface area contributed by atoms with Crippen LogP contribution in [0.15, 0.2) is 41.4 Å². The highest BCUT2D eigenvalue weighted by Gasteiger charge is 1.95. The van der Waals surface area contributed by atoms with Crippen LogP contribution >= 0.6 is 35.6 Å². The lowest BCUT2D eigenvalue weighted by atomic mass is 10.3. The topological polar surface area (TPSA) is 59.6 Å². The molecule has 0 saturated heterocycles. The van der Waals surface area contributed by atoms with E-state index in [9.17, 15) is 0 Å². The maximum atomic E-state index is 5.84. The molecule has 0 bridgehead atoms. The van der Waals surface area contributed by atoms with Crippen LogP contribution in [0.1, 0.15) is 6.92 Å². The summed E-state index contributed by atoms with van der Waals surface area (Å²) in [6.07, 6.45) is 0. The van der Waals surface area contributed by atoms with E-state index in [2.05, 4.69) is 16.9 Å². The van der Waals surface area contributed by atoms with E-state index in [0.717, 1.165) is 11.3 Å². The van der Waals surface area contributed by atoms with E-state index in [1.807, 2.05) is 19.1 Å². The Kier molecular flexibility index (Phi) is 9.42. The number of guanidine groups is 1. The molecule has 0 radical (unpaired) electrons. The van der Waals surface area contributed by atoms with Gasteiger partial charge in [-0.25, -0.2) is 4.99 Å². The van der Waals surface area contributed by atoms with Crippen LogP contribution in [-0.2, 0) is 0 Å². The van der Waals surface area contributed by atoms with Crippen molar-refractivity contribution in [2.45, 2.75) is 6.92 Å². The Morgan fingerprint density at radius 2 is 2.26 bits per heavy atom. The summed E-state index contributed by atoms with van der Waals surface area (Å²) in [4.78, 5) is 4.09. The van der Waals surface area contributed by atoms with Gasteiger partial charge in [0.25, 0.3) is 0 Å². The fourth-order valence-corrected chi connectivity index (χ4v) is 1.36. The molecule has 0 unspecified atom stereocenters. The summed E-state index contributed by atoms with van der Waals surface area (Å²) < 4.78 is 5.49. The van der Waals surface area contributed by atoms with Crippen molar-refractivity contribution in [3.05, 3.63) is 41.4 Å². The zero-order chi connectivity index (χ0) is 13.4. The minimum Gasteiger partial charge on any atom is -0.492 e. The fraction of sp³-hybridized carbons (Fsp3) is 0.308. The van der Waals surface area contributed by atoms with E-state index in [0.29, 0.717) is 30.7 Å². The molecule has 1 rings (SSSR count). The first kappa shape index (κ1) is 18.0. The first-order chi connectivity index (χ1) is 8.58. The minimum atomic E-state index is 0. The first-order valence-electron chi connectivity index (χ1n) is 5.64. The minimum absolute atomic E-state index is 0. The van der Waals surface area contributed by atoms with Gasteiger partial charge >= 0.3 is 0 Å². The number of nitrogens with one attached hydrogen (secondary N) is 1. The number of nitrogens with zero attached hydrogens (tertiary/aromatic N) is 1. The van der Waals surface area contributed by atoms with Crippen molar-refractivity contribution in [3.63, 3.8) is 0 Å². The molecule has 106 valence electrons. The molecule has 0 aliphatic carbocycles. The molecule has 1 aromatic rings. The Balaban J connectivity index is 0.00000324. The van der Waals surface area contributed by atoms with Gasteiger partial charge < -0.3 is 15.8 Å². The van der Waals surface area contributed by atoms with Gasteiger partial charge in [-0.1, -0.05) is 29.8 Å². The number of ether oxygens (including phenoxy) is 1. The van der Waals surface area contributed by atoms with Crippen LogP contribution in [0.25, 0.3) is 0 Å². The lowest BCUT2D eigenvalue weighted by molar-refractivity contribution is 0.322. The number of halogens is 2. The summed E-state index contributed by atoms with van der Waals surface area (Å²) in [5.41, 5.74) is 6.61. The average molecular weight is 396 g/mol. The molecule has 0 spiro atoms. The first-order valence-corrected chi connectivity index (χ1v) is 6.02. The average Bonchev–Trinajstić information content (AvgIpc) is 2.32. The van der Waals surface area contributed by atoms with Crippen molar-refractivity contribution in [1.82, 2.24) is 5.32 Å². The lowest BCUT2D eigenvalue weighted by Gasteiger charge is -2.08. The molecule has 3 N–H and O–H groups in total. The van der Waals surface area contributed by atoms with Gasteiger partial charge in [0.2, 0.25) is 0 Å². The Morgan fingerprint density at radius 1 is 1.53 bits per heavy atom. The third-order valence-electron chi connectivity index (χ3n) is 1.99. The number of hydrogen-bond acceptors (Lipinski definition) is 2. The van der Waals surface area contributed by atoms with Crippen molar-refractivity contribution in [1.29, 1.82) is 0 Å². The molecule has 4 nitrogen and oxygen atoms in total. The van der Waals surface area contributed by atoms with Crippen LogP contribution in [0.5, 0.6) is 5.75 Å². The molecule has 0 atom stereocenters. The number of rotatable bonds is 6. The van der Waals surface area contributed by atoms with Gasteiger partial charge in [-0.05, 0) is 25.1 Å². The van der Waals surface area contributed by atoms with Gasteiger partial charge in [0.05, 0.1) is 13.1 Å². The van der Waals surface area contributed by atoms with Crippen LogP contribution in [-0.4, -0.2) is 25.7 Å². The summed E-state index contributed by atoms with van der Waals surface area (Å²) in [6.45, 7) is 7.25. The Bertz CT molecular complexity index is 438. The molecule has 6 heteroatoms. The van der Waals surface area contributed by atoms with Gasteiger partial charge in [0, 0.05) is 5.02 Å². The third kappa shape index (κ3) is 8.72. The molecular weight excluding hydrogens is 377 g/mol. The van der Waals surface area contributed by atoms with Crippen molar-refractivity contribution in [3.8, 4) is 5.75 Å². The SMILES string of the molecule is C=C(C)CN=C(N)NCCOc1cccc(Cl)c1.I. The summed E-state index contributed by atoms with van der Waals surface area (Å²) in [6, 6.07) is 7.26. The van der Waals surface area contributed by atoms with Gasteiger partial charge in [0.1, 0.15) is 12.4 Å². The van der Waals surface area contributed by atoms with Gasteiger partial charge in [-0.3, -0.25) is 0 Å². The van der Waals surface area contributed by atoms with Crippen molar-refractivity contribution in [2.75, 3.05) is 19.7 Å². The summed E-state index contributed by atoms with van der Waals surface area (Å²) >= 11 is 5.84. The predicted molar refractivity (Wildman–Crippen MR) is 91.7 cm³/mol. The zero-order valence-electron chi connectivity index (χ0n) is 10.9. The smallest absolute Gasteiger partial charge is 0.189 e. The molecule has 0 aromatic heterocycles. The number of aliphatic imine (C=N–C) groups is 1. The second-order valence-electron chi connectivity index (χ2n) is 3.89. The maximum absolute atomic E-state index is 5.84. The summed E-state index contributed by atoms with van der Waals surface area (Å²) in [5, 5.41) is 3.61. The molecule has 0 aliphatic rings. The molecule has 0 heterocycles. The van der Waals surface area contributed by atoms with Crippen LogP contribution < -0.4 is 15.8 Å². The summed E-state index contributed by atoms with van der Waals surface area (Å²) in [5.74, 6) is 1.13. The van der Waals surface area contributed by atoms with Crippen molar-refractivity contribution >= 4 is 41.5 Å². The highest BCUT2D eigenvalue weighted by atomic mass is 127. The fourth-order valence-electron chi connectivity index (χ4n) is 1.18. The third-order valence-corrected chi connectivity index (χ3v) is 2.23. The van der Waals surface area contributed by atoms with Gasteiger partial charge in [-0.2, -0.15) is 0 Å². The quantitative estimate of drug-likeness (QED) is 0.256. The molecule has 1 aromatic carbocycles. The lowest BCUT2D eigenvalue weighted by Crippen LogP contribution is -2.34. The second-order valence-corrected chi connectivity index (χ2v) is 4.33. The highest BCUT2D eigenvalue weighted by Crippen LogP contribution is 2.16. The van der Waals surface area contributed by atoms with Crippen LogP contribution in [0.3, 0.4) is 0 Å². The molecule has 19 heavy (non-hydrogen) atoms. The second kappa shape index (κ2) is 9.91. The summed E-state index contributed by atoms with van der Waals surface area (Å²) in [7, 11) is 0. The Morgan fingerprint density at radius 3 is 2.89 bits per heavy atom. The Labute approximate surface area is 136 Å².